The van der Waals surface area contributed by atoms with Crippen LogP contribution >= 0.6 is 0 Å². The minimum absolute atomic E-state index is 0.0407. The number of piperidine rings is 2. The highest BCUT2D eigenvalue weighted by Crippen LogP contribution is 2.48. The Labute approximate surface area is 399 Å². The first-order chi connectivity index (χ1) is 33.5. The summed E-state index contributed by atoms with van der Waals surface area (Å²) in [5.41, 5.74) is 2.41. The summed E-state index contributed by atoms with van der Waals surface area (Å²) in [6.45, 7) is 9.63. The number of fused-ring (bicyclic) bond motifs is 5. The summed E-state index contributed by atoms with van der Waals surface area (Å²) in [7, 11) is 0. The number of aromatic hydroxyl groups is 1. The van der Waals surface area contributed by atoms with Crippen LogP contribution in [0.15, 0.2) is 60.9 Å². The number of piperazine rings is 2. The van der Waals surface area contributed by atoms with Crippen molar-refractivity contribution in [3.63, 3.8) is 0 Å². The molecular formula is C52H59F2N11O4. The maximum absolute atomic E-state index is 17.2. The number of carbonyl (C=O) groups excluding carboxylic acids is 2. The standard InChI is InChI=1S/C52H59F2N11O4/c1-2-32-4-3-5-33-23-38(66)24-39(44(32)33)46-45(53)47-40(26-55-46)48(64-27-35-6-7-36(28-64)57-35)60-50(59-47)69-31-51(12-13-51)29-61-16-14-52(54,15-17-61)30-62-18-20-63(21-19-62)37-8-9-41-34(22-37)25-56-65(41)42-10-11-43(67)58-49(42)68/h3-5,8-9,22-26,35-36,42,57,66H,2,6-7,10-21,27-31H2,1H3,(H,58,67,68). The Morgan fingerprint density at radius 1 is 0.855 bits per heavy atom. The number of anilines is 2. The number of hydrogen-bond acceptors (Lipinski definition) is 13. The lowest BCUT2D eigenvalue weighted by molar-refractivity contribution is -0.135. The number of nitrogens with zero attached hydrogens (tertiary/aromatic N) is 9. The first-order valence-corrected chi connectivity index (χ1v) is 24.9. The molecule has 8 heterocycles. The summed E-state index contributed by atoms with van der Waals surface area (Å²) in [5, 5.41) is 24.5. The van der Waals surface area contributed by atoms with Crippen molar-refractivity contribution in [3.05, 3.63) is 72.3 Å². The van der Waals surface area contributed by atoms with Gasteiger partial charge < -0.3 is 29.9 Å². The van der Waals surface area contributed by atoms with Crippen molar-refractivity contribution in [1.29, 1.82) is 0 Å². The second-order valence-corrected chi connectivity index (χ2v) is 20.7. The molecule has 3 aromatic heterocycles. The summed E-state index contributed by atoms with van der Waals surface area (Å²) in [6, 6.07) is 15.7. The number of hydrogen-bond donors (Lipinski definition) is 3. The SMILES string of the molecule is CCc1cccc2cc(O)cc(-c3ncc4c(N5CC6CCC(C5)N6)nc(OCC5(CN6CCC(F)(CN7CCN(c8ccc9c(cnn9C9CCC(=O)NC9=O)c8)CC7)CC6)CC5)nc4c3F)c12. The van der Waals surface area contributed by atoms with Crippen LogP contribution in [0.1, 0.15) is 69.9 Å². The maximum Gasteiger partial charge on any atom is 0.319 e. The molecule has 360 valence electrons. The molecule has 3 aromatic carbocycles. The average Bonchev–Trinajstić information content (AvgIpc) is 3.86. The van der Waals surface area contributed by atoms with Crippen LogP contribution in [0.2, 0.25) is 0 Å². The zero-order chi connectivity index (χ0) is 47.0. The number of imide groups is 1. The molecule has 1 aliphatic carbocycles. The Morgan fingerprint density at radius 3 is 2.39 bits per heavy atom. The Kier molecular flexibility index (Phi) is 11.2. The number of phenols is 1. The van der Waals surface area contributed by atoms with Crippen LogP contribution < -0.4 is 25.2 Å². The van der Waals surface area contributed by atoms with Crippen molar-refractivity contribution in [2.24, 2.45) is 5.41 Å². The first-order valence-electron chi connectivity index (χ1n) is 24.9. The molecule has 15 nitrogen and oxygen atoms in total. The van der Waals surface area contributed by atoms with Gasteiger partial charge in [0.1, 0.15) is 34.5 Å². The van der Waals surface area contributed by atoms with Crippen LogP contribution in [0.25, 0.3) is 43.8 Å². The predicted molar refractivity (Wildman–Crippen MR) is 260 cm³/mol. The van der Waals surface area contributed by atoms with Gasteiger partial charge in [0.2, 0.25) is 5.91 Å². The predicted octanol–water partition coefficient (Wildman–Crippen LogP) is 6.31. The third-order valence-corrected chi connectivity index (χ3v) is 15.9. The van der Waals surface area contributed by atoms with Crippen molar-refractivity contribution in [2.45, 2.75) is 88.5 Å². The van der Waals surface area contributed by atoms with E-state index >= 15 is 8.78 Å². The topological polar surface area (TPSA) is 157 Å². The number of aromatic nitrogens is 5. The highest BCUT2D eigenvalue weighted by atomic mass is 19.1. The van der Waals surface area contributed by atoms with Gasteiger partial charge in [0.25, 0.3) is 5.91 Å². The molecule has 3 N–H and O–H groups in total. The fourth-order valence-electron chi connectivity index (χ4n) is 11.9. The van der Waals surface area contributed by atoms with Gasteiger partial charge in [-0.3, -0.25) is 29.5 Å². The van der Waals surface area contributed by atoms with E-state index < -0.39 is 17.5 Å². The third kappa shape index (κ3) is 8.49. The number of rotatable bonds is 12. The van der Waals surface area contributed by atoms with Crippen molar-refractivity contribution in [2.75, 3.05) is 81.9 Å². The molecule has 69 heavy (non-hydrogen) atoms. The lowest BCUT2D eigenvalue weighted by atomic mass is 9.91. The molecule has 0 radical (unpaired) electrons. The quantitative estimate of drug-likeness (QED) is 0.118. The summed E-state index contributed by atoms with van der Waals surface area (Å²) in [6.07, 6.45) is 10.0. The fourth-order valence-corrected chi connectivity index (χ4v) is 11.9. The van der Waals surface area contributed by atoms with E-state index in [1.54, 1.807) is 29.2 Å². The molecule has 2 bridgehead atoms. The maximum atomic E-state index is 17.2. The number of aryl methyl sites for hydroxylation is 1. The van der Waals surface area contributed by atoms with E-state index in [1.165, 1.54) is 0 Å². The Balaban J connectivity index is 0.695. The highest BCUT2D eigenvalue weighted by Gasteiger charge is 2.47. The number of phenolic OH excluding ortho intramolecular Hbond substituents is 1. The summed E-state index contributed by atoms with van der Waals surface area (Å²) in [4.78, 5) is 47.9. The summed E-state index contributed by atoms with van der Waals surface area (Å²) >= 11 is 0. The van der Waals surface area contributed by atoms with Gasteiger partial charge >= 0.3 is 6.01 Å². The van der Waals surface area contributed by atoms with Crippen molar-refractivity contribution in [3.8, 4) is 23.0 Å². The zero-order valence-electron chi connectivity index (χ0n) is 39.1. The van der Waals surface area contributed by atoms with Gasteiger partial charge in [-0.2, -0.15) is 15.1 Å². The molecule has 6 aliphatic rings. The highest BCUT2D eigenvalue weighted by molar-refractivity contribution is 6.02. The molecule has 3 unspecified atom stereocenters. The van der Waals surface area contributed by atoms with Crippen LogP contribution in [-0.2, 0) is 16.0 Å². The van der Waals surface area contributed by atoms with Gasteiger partial charge in [0, 0.05) is 112 Å². The smallest absolute Gasteiger partial charge is 0.319 e. The Bertz CT molecular complexity index is 2970. The van der Waals surface area contributed by atoms with E-state index in [4.69, 9.17) is 19.7 Å². The van der Waals surface area contributed by atoms with Crippen molar-refractivity contribution < 1.29 is 28.2 Å². The lowest BCUT2D eigenvalue weighted by Crippen LogP contribution is -2.54. The van der Waals surface area contributed by atoms with E-state index in [2.05, 4.69) is 54.4 Å². The minimum Gasteiger partial charge on any atom is -0.508 e. The number of amides is 2. The first kappa shape index (κ1) is 44.2. The van der Waals surface area contributed by atoms with E-state index in [1.807, 2.05) is 24.3 Å². The monoisotopic (exact) mass is 939 g/mol. The van der Waals surface area contributed by atoms with Crippen LogP contribution in [0, 0.1) is 11.2 Å². The molecule has 5 saturated heterocycles. The van der Waals surface area contributed by atoms with Crippen molar-refractivity contribution in [1.82, 2.24) is 45.2 Å². The van der Waals surface area contributed by atoms with Crippen LogP contribution in [0.3, 0.4) is 0 Å². The Hall–Kier alpha value is -6.04. The number of likely N-dealkylation sites (tertiary alicyclic amines) is 1. The van der Waals surface area contributed by atoms with Crippen LogP contribution in [0.4, 0.5) is 20.3 Å². The summed E-state index contributed by atoms with van der Waals surface area (Å²) in [5.74, 6) is -0.464. The van der Waals surface area contributed by atoms with Gasteiger partial charge in [-0.05, 0) is 98.0 Å². The minimum atomic E-state index is -1.26. The normalized spacial score (nSPS) is 23.8. The number of pyridine rings is 1. The number of halogens is 2. The van der Waals surface area contributed by atoms with Crippen LogP contribution in [0.5, 0.6) is 11.8 Å². The van der Waals surface area contributed by atoms with E-state index in [0.717, 1.165) is 111 Å². The molecule has 3 atom stereocenters. The van der Waals surface area contributed by atoms with Gasteiger partial charge in [0.15, 0.2) is 5.82 Å². The second kappa shape index (κ2) is 17.4. The van der Waals surface area contributed by atoms with Crippen molar-refractivity contribution >= 4 is 55.9 Å². The second-order valence-electron chi connectivity index (χ2n) is 20.7. The molecule has 6 aromatic rings. The van der Waals surface area contributed by atoms with Gasteiger partial charge in [-0.15, -0.1) is 0 Å². The van der Waals surface area contributed by atoms with Gasteiger partial charge in [-0.1, -0.05) is 25.1 Å². The number of carbonyl (C=O) groups is 2. The number of benzene rings is 3. The molecule has 12 rings (SSSR count). The largest absolute Gasteiger partial charge is 0.508 e. The molecule has 2 amide bonds. The van der Waals surface area contributed by atoms with Gasteiger partial charge in [-0.25, -0.2) is 8.78 Å². The Morgan fingerprint density at radius 2 is 1.64 bits per heavy atom. The zero-order valence-corrected chi connectivity index (χ0v) is 39.1. The van der Waals surface area contributed by atoms with Crippen LogP contribution in [-0.4, -0.2) is 141 Å². The molecule has 17 heteroatoms. The molecular weight excluding hydrogens is 881 g/mol. The number of nitrogens with one attached hydrogen (secondary N) is 2. The lowest BCUT2D eigenvalue weighted by Gasteiger charge is -2.43. The number of alkyl halides is 1. The third-order valence-electron chi connectivity index (χ3n) is 15.9. The van der Waals surface area contributed by atoms with Gasteiger partial charge in [0.05, 0.1) is 23.7 Å². The molecule has 6 fully saturated rings. The summed E-state index contributed by atoms with van der Waals surface area (Å²) < 4.78 is 42.0. The molecule has 0 spiro atoms. The van der Waals surface area contributed by atoms with E-state index in [9.17, 15) is 14.7 Å². The number of ether oxygens (including phenoxy) is 1. The fraction of sp³-hybridized carbons (Fsp3) is 0.500. The molecule has 5 aliphatic heterocycles. The average molecular weight is 940 g/mol. The molecule has 1 saturated carbocycles. The van der Waals surface area contributed by atoms with E-state index in [-0.39, 0.29) is 40.2 Å². The van der Waals surface area contributed by atoms with E-state index in [0.29, 0.717) is 80.8 Å².